The van der Waals surface area contributed by atoms with Crippen LogP contribution in [0.1, 0.15) is 24.5 Å². The van der Waals surface area contributed by atoms with E-state index in [2.05, 4.69) is 48.2 Å². The Balaban J connectivity index is 2.66. The molecule has 0 aliphatic rings. The summed E-state index contributed by atoms with van der Waals surface area (Å²) in [4.78, 5) is 2.17. The molecule has 4 heteroatoms. The summed E-state index contributed by atoms with van der Waals surface area (Å²) in [5, 5.41) is 11.6. The SMILES string of the molecule is CCCN(CC(N)=NO)Cc1cccc(C)c1. The highest BCUT2D eigenvalue weighted by atomic mass is 16.4. The third kappa shape index (κ3) is 4.87. The first kappa shape index (κ1) is 13.5. The predicted molar refractivity (Wildman–Crippen MR) is 70.2 cm³/mol. The van der Waals surface area contributed by atoms with Gasteiger partial charge in [-0.2, -0.15) is 0 Å². The molecule has 0 bridgehead atoms. The van der Waals surface area contributed by atoms with Crippen molar-refractivity contribution in [1.29, 1.82) is 0 Å². The maximum absolute atomic E-state index is 8.60. The zero-order valence-corrected chi connectivity index (χ0v) is 10.6. The van der Waals surface area contributed by atoms with Crippen LogP contribution in [0, 0.1) is 6.92 Å². The first-order valence-corrected chi connectivity index (χ1v) is 5.90. The van der Waals surface area contributed by atoms with Crippen molar-refractivity contribution < 1.29 is 5.21 Å². The molecule has 0 saturated heterocycles. The minimum Gasteiger partial charge on any atom is -0.409 e. The standard InChI is InChI=1S/C13H21N3O/c1-3-7-16(10-13(14)15-17)9-12-6-4-5-11(2)8-12/h4-6,8,17H,3,7,9-10H2,1-2H3,(H2,14,15). The molecule has 0 atom stereocenters. The van der Waals surface area contributed by atoms with Crippen LogP contribution in [0.2, 0.25) is 0 Å². The molecule has 17 heavy (non-hydrogen) atoms. The lowest BCUT2D eigenvalue weighted by Crippen LogP contribution is -2.34. The summed E-state index contributed by atoms with van der Waals surface area (Å²) < 4.78 is 0. The summed E-state index contributed by atoms with van der Waals surface area (Å²) in [5.74, 6) is 0.256. The van der Waals surface area contributed by atoms with Crippen molar-refractivity contribution in [2.45, 2.75) is 26.8 Å². The van der Waals surface area contributed by atoms with Gasteiger partial charge in [-0.05, 0) is 25.5 Å². The van der Waals surface area contributed by atoms with E-state index in [1.165, 1.54) is 11.1 Å². The molecule has 0 aliphatic heterocycles. The predicted octanol–water partition coefficient (Wildman–Crippen LogP) is 1.95. The van der Waals surface area contributed by atoms with Crippen LogP contribution < -0.4 is 5.73 Å². The molecule has 0 heterocycles. The van der Waals surface area contributed by atoms with Gasteiger partial charge in [0.1, 0.15) is 0 Å². The van der Waals surface area contributed by atoms with Crippen molar-refractivity contribution in [1.82, 2.24) is 4.90 Å². The van der Waals surface area contributed by atoms with Crippen molar-refractivity contribution in [2.24, 2.45) is 10.9 Å². The molecule has 0 aliphatic carbocycles. The average molecular weight is 235 g/mol. The lowest BCUT2D eigenvalue weighted by Gasteiger charge is -2.21. The van der Waals surface area contributed by atoms with Crippen molar-refractivity contribution >= 4 is 5.84 Å². The van der Waals surface area contributed by atoms with Crippen molar-refractivity contribution in [3.05, 3.63) is 35.4 Å². The Bertz CT molecular complexity index is 377. The van der Waals surface area contributed by atoms with Crippen LogP contribution in [0.3, 0.4) is 0 Å². The Labute approximate surface area is 103 Å². The maximum atomic E-state index is 8.60. The molecule has 1 aromatic carbocycles. The van der Waals surface area contributed by atoms with E-state index in [1.54, 1.807) is 0 Å². The number of rotatable bonds is 6. The maximum Gasteiger partial charge on any atom is 0.153 e. The molecule has 0 spiro atoms. The van der Waals surface area contributed by atoms with E-state index in [9.17, 15) is 0 Å². The monoisotopic (exact) mass is 235 g/mol. The summed E-state index contributed by atoms with van der Waals surface area (Å²) >= 11 is 0. The van der Waals surface area contributed by atoms with Gasteiger partial charge in [-0.15, -0.1) is 0 Å². The number of amidine groups is 1. The van der Waals surface area contributed by atoms with E-state index in [-0.39, 0.29) is 5.84 Å². The van der Waals surface area contributed by atoms with Crippen LogP contribution in [0.5, 0.6) is 0 Å². The Morgan fingerprint density at radius 3 is 2.82 bits per heavy atom. The third-order valence-corrected chi connectivity index (χ3v) is 2.54. The van der Waals surface area contributed by atoms with Gasteiger partial charge in [0.15, 0.2) is 5.84 Å². The minimum atomic E-state index is 0.256. The number of oxime groups is 1. The van der Waals surface area contributed by atoms with Crippen LogP contribution in [-0.2, 0) is 6.54 Å². The van der Waals surface area contributed by atoms with Crippen LogP contribution >= 0.6 is 0 Å². The molecular weight excluding hydrogens is 214 g/mol. The van der Waals surface area contributed by atoms with Gasteiger partial charge in [-0.25, -0.2) is 0 Å². The lowest BCUT2D eigenvalue weighted by molar-refractivity contribution is 0.286. The second-order valence-electron chi connectivity index (χ2n) is 4.29. The molecule has 0 amide bonds. The second kappa shape index (κ2) is 6.91. The van der Waals surface area contributed by atoms with Gasteiger partial charge in [0.05, 0.1) is 6.54 Å². The van der Waals surface area contributed by atoms with Gasteiger partial charge >= 0.3 is 0 Å². The fraction of sp³-hybridized carbons (Fsp3) is 0.462. The summed E-state index contributed by atoms with van der Waals surface area (Å²) in [5.41, 5.74) is 8.05. The number of hydrogen-bond donors (Lipinski definition) is 2. The van der Waals surface area contributed by atoms with Crippen molar-refractivity contribution in [3.8, 4) is 0 Å². The van der Waals surface area contributed by atoms with Crippen LogP contribution in [0.15, 0.2) is 29.4 Å². The molecule has 0 aromatic heterocycles. The Kier molecular flexibility index (Phi) is 5.49. The quantitative estimate of drug-likeness (QED) is 0.343. The molecule has 94 valence electrons. The first-order chi connectivity index (χ1) is 8.15. The summed E-state index contributed by atoms with van der Waals surface area (Å²) in [6, 6.07) is 8.40. The van der Waals surface area contributed by atoms with Crippen LogP contribution in [0.4, 0.5) is 0 Å². The highest BCUT2D eigenvalue weighted by molar-refractivity contribution is 5.81. The van der Waals surface area contributed by atoms with Gasteiger partial charge in [-0.3, -0.25) is 4.90 Å². The Morgan fingerprint density at radius 2 is 2.24 bits per heavy atom. The molecule has 0 radical (unpaired) electrons. The largest absolute Gasteiger partial charge is 0.409 e. The summed E-state index contributed by atoms with van der Waals surface area (Å²) in [6.45, 7) is 6.46. The first-order valence-electron chi connectivity index (χ1n) is 5.90. The molecule has 4 nitrogen and oxygen atoms in total. The van der Waals surface area contributed by atoms with E-state index in [4.69, 9.17) is 10.9 Å². The lowest BCUT2D eigenvalue weighted by atomic mass is 10.1. The van der Waals surface area contributed by atoms with E-state index < -0.39 is 0 Å². The van der Waals surface area contributed by atoms with E-state index in [0.717, 1.165) is 19.5 Å². The molecular formula is C13H21N3O. The molecule has 1 aromatic rings. The van der Waals surface area contributed by atoms with Crippen LogP contribution in [-0.4, -0.2) is 29.0 Å². The highest BCUT2D eigenvalue weighted by Crippen LogP contribution is 2.08. The number of nitrogens with two attached hydrogens (primary N) is 1. The highest BCUT2D eigenvalue weighted by Gasteiger charge is 2.07. The summed E-state index contributed by atoms with van der Waals surface area (Å²) in [6.07, 6.45) is 1.05. The zero-order valence-electron chi connectivity index (χ0n) is 10.6. The fourth-order valence-electron chi connectivity index (χ4n) is 1.86. The third-order valence-electron chi connectivity index (χ3n) is 2.54. The van der Waals surface area contributed by atoms with E-state index >= 15 is 0 Å². The smallest absolute Gasteiger partial charge is 0.153 e. The van der Waals surface area contributed by atoms with Gasteiger partial charge in [0, 0.05) is 6.54 Å². The number of hydrogen-bond acceptors (Lipinski definition) is 3. The number of nitrogens with zero attached hydrogens (tertiary/aromatic N) is 2. The second-order valence-corrected chi connectivity index (χ2v) is 4.29. The molecule has 0 saturated carbocycles. The van der Waals surface area contributed by atoms with Crippen molar-refractivity contribution in [2.75, 3.05) is 13.1 Å². The van der Waals surface area contributed by atoms with Gasteiger partial charge in [-0.1, -0.05) is 41.9 Å². The molecule has 1 rings (SSSR count). The minimum absolute atomic E-state index is 0.256. The Hall–Kier alpha value is -1.55. The Morgan fingerprint density at radius 1 is 1.47 bits per heavy atom. The van der Waals surface area contributed by atoms with Gasteiger partial charge in [0.2, 0.25) is 0 Å². The average Bonchev–Trinajstić information content (AvgIpc) is 2.29. The van der Waals surface area contributed by atoms with Crippen LogP contribution in [0.25, 0.3) is 0 Å². The molecule has 0 fully saturated rings. The van der Waals surface area contributed by atoms with E-state index in [1.807, 2.05) is 0 Å². The molecule has 0 unspecified atom stereocenters. The zero-order chi connectivity index (χ0) is 12.7. The van der Waals surface area contributed by atoms with Gasteiger partial charge < -0.3 is 10.9 Å². The summed E-state index contributed by atoms with van der Waals surface area (Å²) in [7, 11) is 0. The number of benzene rings is 1. The topological polar surface area (TPSA) is 61.8 Å². The van der Waals surface area contributed by atoms with Crippen molar-refractivity contribution in [3.63, 3.8) is 0 Å². The fourth-order valence-corrected chi connectivity index (χ4v) is 1.86. The van der Waals surface area contributed by atoms with Gasteiger partial charge in [0.25, 0.3) is 0 Å². The number of aryl methyl sites for hydroxylation is 1. The van der Waals surface area contributed by atoms with E-state index in [0.29, 0.717) is 6.54 Å². The normalized spacial score (nSPS) is 12.1. The molecule has 3 N–H and O–H groups in total.